The van der Waals surface area contributed by atoms with E-state index in [9.17, 15) is 19.5 Å². The maximum atomic E-state index is 12.8. The monoisotopic (exact) mass is 466 g/mol. The van der Waals surface area contributed by atoms with Crippen molar-refractivity contribution in [2.24, 2.45) is 0 Å². The van der Waals surface area contributed by atoms with Crippen molar-refractivity contribution < 1.29 is 29.0 Å². The lowest BCUT2D eigenvalue weighted by molar-refractivity contribution is -0.153. The predicted molar refractivity (Wildman–Crippen MR) is 127 cm³/mol. The average molecular weight is 467 g/mol. The zero-order valence-corrected chi connectivity index (χ0v) is 20.3. The van der Waals surface area contributed by atoms with Gasteiger partial charge in [0.05, 0.1) is 17.5 Å². The summed E-state index contributed by atoms with van der Waals surface area (Å²) in [6, 6.07) is 7.12. The lowest BCUT2D eigenvalue weighted by atomic mass is 10.0. The van der Waals surface area contributed by atoms with Crippen LogP contribution in [-0.2, 0) is 27.1 Å². The Morgan fingerprint density at radius 3 is 2.24 bits per heavy atom. The summed E-state index contributed by atoms with van der Waals surface area (Å²) < 4.78 is 12.4. The fraction of sp³-hybridized carbons (Fsp3) is 0.385. The van der Waals surface area contributed by atoms with E-state index in [0.717, 1.165) is 16.5 Å². The smallest absolute Gasteiger partial charge is 0.419 e. The highest BCUT2D eigenvalue weighted by Crippen LogP contribution is 2.27. The molecule has 2 heterocycles. The molecule has 34 heavy (non-hydrogen) atoms. The van der Waals surface area contributed by atoms with E-state index in [1.54, 1.807) is 66.1 Å². The van der Waals surface area contributed by atoms with Crippen molar-refractivity contribution in [2.45, 2.75) is 65.6 Å². The quantitative estimate of drug-likeness (QED) is 0.528. The molecule has 0 aliphatic carbocycles. The van der Waals surface area contributed by atoms with Crippen molar-refractivity contribution in [1.82, 2.24) is 9.55 Å². The number of carbonyl (C=O) groups excluding carboxylic acids is 2. The molecule has 3 aromatic rings. The fourth-order valence-corrected chi connectivity index (χ4v) is 3.53. The third-order valence-corrected chi connectivity index (χ3v) is 4.75. The minimum atomic E-state index is -1.04. The zero-order valence-electron chi connectivity index (χ0n) is 20.3. The first-order valence-corrected chi connectivity index (χ1v) is 11.0. The number of nitrogens with zero attached hydrogens (tertiary/aromatic N) is 2. The summed E-state index contributed by atoms with van der Waals surface area (Å²) in [5.41, 5.74) is 1.65. The number of aromatic nitrogens is 2. The molecule has 8 nitrogen and oxygen atoms in total. The molecule has 0 amide bonds. The SMILES string of the molecule is CC(C)(C)OC(=O)Cc1cn(C(=O)OC(C)(C)C)c2ccc(Cc3cncc(C(=O)O)c3)cc12. The van der Waals surface area contributed by atoms with Crippen LogP contribution in [0.3, 0.4) is 0 Å². The molecule has 0 bridgehead atoms. The van der Waals surface area contributed by atoms with E-state index in [4.69, 9.17) is 9.47 Å². The number of benzene rings is 1. The molecule has 180 valence electrons. The molecule has 0 radical (unpaired) electrons. The molecule has 0 saturated heterocycles. The summed E-state index contributed by atoms with van der Waals surface area (Å²) in [5, 5.41) is 9.94. The molecule has 0 unspecified atom stereocenters. The molecule has 0 saturated carbocycles. The lowest BCUT2D eigenvalue weighted by Crippen LogP contribution is -2.26. The lowest BCUT2D eigenvalue weighted by Gasteiger charge is -2.20. The Morgan fingerprint density at radius 2 is 1.62 bits per heavy atom. The number of aromatic carboxylic acids is 1. The number of hydrogen-bond donors (Lipinski definition) is 1. The zero-order chi connectivity index (χ0) is 25.3. The third-order valence-electron chi connectivity index (χ3n) is 4.75. The van der Waals surface area contributed by atoms with Crippen molar-refractivity contribution >= 4 is 28.9 Å². The van der Waals surface area contributed by atoms with Gasteiger partial charge in [0.15, 0.2) is 0 Å². The molecule has 0 fully saturated rings. The Morgan fingerprint density at radius 1 is 0.941 bits per heavy atom. The van der Waals surface area contributed by atoms with Crippen molar-refractivity contribution in [2.75, 3.05) is 0 Å². The number of rotatable bonds is 5. The molecular weight excluding hydrogens is 436 g/mol. The summed E-state index contributed by atoms with van der Waals surface area (Å²) in [7, 11) is 0. The molecule has 2 aromatic heterocycles. The van der Waals surface area contributed by atoms with Gasteiger partial charge >= 0.3 is 18.0 Å². The van der Waals surface area contributed by atoms with Crippen LogP contribution in [0.4, 0.5) is 4.79 Å². The van der Waals surface area contributed by atoms with Crippen LogP contribution in [0.2, 0.25) is 0 Å². The summed E-state index contributed by atoms with van der Waals surface area (Å²) >= 11 is 0. The molecule has 3 rings (SSSR count). The number of carbonyl (C=O) groups is 3. The molecule has 0 aliphatic heterocycles. The largest absolute Gasteiger partial charge is 0.478 e. The van der Waals surface area contributed by atoms with E-state index in [-0.39, 0.29) is 12.0 Å². The van der Waals surface area contributed by atoms with Gasteiger partial charge in [-0.3, -0.25) is 14.3 Å². The van der Waals surface area contributed by atoms with E-state index in [1.807, 2.05) is 12.1 Å². The number of esters is 1. The average Bonchev–Trinajstić information content (AvgIpc) is 3.03. The Labute approximate surface area is 198 Å². The van der Waals surface area contributed by atoms with Crippen LogP contribution in [0.25, 0.3) is 10.9 Å². The fourth-order valence-electron chi connectivity index (χ4n) is 3.53. The van der Waals surface area contributed by atoms with Crippen LogP contribution in [0.1, 0.15) is 68.6 Å². The van der Waals surface area contributed by atoms with Gasteiger partial charge in [-0.25, -0.2) is 9.59 Å². The summed E-state index contributed by atoms with van der Waals surface area (Å²) in [6.07, 6.45) is 4.41. The van der Waals surface area contributed by atoms with Crippen LogP contribution < -0.4 is 0 Å². The second kappa shape index (κ2) is 9.29. The van der Waals surface area contributed by atoms with Gasteiger partial charge < -0.3 is 14.6 Å². The minimum Gasteiger partial charge on any atom is -0.478 e. The first-order valence-electron chi connectivity index (χ1n) is 11.0. The van der Waals surface area contributed by atoms with Crippen LogP contribution in [0.5, 0.6) is 0 Å². The molecule has 8 heteroatoms. The number of pyridine rings is 1. The summed E-state index contributed by atoms with van der Waals surface area (Å²) in [6.45, 7) is 10.8. The Hall–Kier alpha value is -3.68. The number of carboxylic acids is 1. The Bertz CT molecular complexity index is 1240. The van der Waals surface area contributed by atoms with Crippen molar-refractivity contribution in [1.29, 1.82) is 0 Å². The maximum Gasteiger partial charge on any atom is 0.419 e. The standard InChI is InChI=1S/C26H30N2O6/c1-25(2,3)33-22(29)12-19-15-28(24(32)34-26(4,5)6)21-8-7-16(11-20(19)21)9-17-10-18(23(30)31)14-27-13-17/h7-8,10-11,13-15H,9,12H2,1-6H3,(H,30,31). The number of hydrogen-bond acceptors (Lipinski definition) is 6. The van der Waals surface area contributed by atoms with Gasteiger partial charge in [0, 0.05) is 24.0 Å². The van der Waals surface area contributed by atoms with Gasteiger partial charge in [-0.15, -0.1) is 0 Å². The van der Waals surface area contributed by atoms with Crippen LogP contribution >= 0.6 is 0 Å². The summed E-state index contributed by atoms with van der Waals surface area (Å²) in [4.78, 5) is 40.7. The van der Waals surface area contributed by atoms with Crippen molar-refractivity contribution in [3.8, 4) is 0 Å². The number of ether oxygens (including phenoxy) is 2. The van der Waals surface area contributed by atoms with Crippen LogP contribution in [-0.4, -0.2) is 43.9 Å². The molecular formula is C26H30N2O6. The minimum absolute atomic E-state index is 0.0108. The summed E-state index contributed by atoms with van der Waals surface area (Å²) in [5.74, 6) is -1.45. The van der Waals surface area contributed by atoms with Gasteiger partial charge in [-0.1, -0.05) is 6.07 Å². The predicted octanol–water partition coefficient (Wildman–Crippen LogP) is 4.99. The Kier molecular flexibility index (Phi) is 6.82. The topological polar surface area (TPSA) is 108 Å². The Balaban J connectivity index is 2.01. The van der Waals surface area contributed by atoms with Crippen LogP contribution in [0, 0.1) is 0 Å². The molecule has 0 aliphatic rings. The van der Waals surface area contributed by atoms with Gasteiger partial charge in [0.25, 0.3) is 0 Å². The van der Waals surface area contributed by atoms with Gasteiger partial charge in [-0.2, -0.15) is 0 Å². The van der Waals surface area contributed by atoms with Gasteiger partial charge in [-0.05, 0) is 82.9 Å². The number of fused-ring (bicyclic) bond motifs is 1. The van der Waals surface area contributed by atoms with E-state index in [1.165, 1.54) is 10.8 Å². The number of carboxylic acid groups (broad SMARTS) is 1. The molecule has 1 N–H and O–H groups in total. The first-order chi connectivity index (χ1) is 15.7. The third kappa shape index (κ3) is 6.43. The van der Waals surface area contributed by atoms with Gasteiger partial charge in [0.1, 0.15) is 11.2 Å². The second-order valence-electron chi connectivity index (χ2n) is 10.2. The molecule has 0 spiro atoms. The highest BCUT2D eigenvalue weighted by atomic mass is 16.6. The van der Waals surface area contributed by atoms with E-state index >= 15 is 0 Å². The van der Waals surface area contributed by atoms with E-state index in [0.29, 0.717) is 17.5 Å². The maximum absolute atomic E-state index is 12.8. The van der Waals surface area contributed by atoms with Crippen LogP contribution in [0.15, 0.2) is 42.9 Å². The highest BCUT2D eigenvalue weighted by Gasteiger charge is 2.23. The highest BCUT2D eigenvalue weighted by molar-refractivity contribution is 5.94. The first kappa shape index (κ1) is 25.0. The molecule has 1 aromatic carbocycles. The second-order valence-corrected chi connectivity index (χ2v) is 10.2. The molecule has 0 atom stereocenters. The van der Waals surface area contributed by atoms with E-state index < -0.39 is 29.2 Å². The van der Waals surface area contributed by atoms with Crippen molar-refractivity contribution in [3.05, 3.63) is 65.1 Å². The van der Waals surface area contributed by atoms with Gasteiger partial charge in [0.2, 0.25) is 0 Å². The van der Waals surface area contributed by atoms with Crippen molar-refractivity contribution in [3.63, 3.8) is 0 Å². The van der Waals surface area contributed by atoms with E-state index in [2.05, 4.69) is 4.98 Å². The normalized spacial score (nSPS) is 11.9.